The molecule has 4 aliphatic rings. The van der Waals surface area contributed by atoms with Crippen LogP contribution in [0.15, 0.2) is 42.5 Å². The van der Waals surface area contributed by atoms with Crippen molar-refractivity contribution in [3.63, 3.8) is 0 Å². The van der Waals surface area contributed by atoms with E-state index >= 15 is 0 Å². The van der Waals surface area contributed by atoms with Crippen molar-refractivity contribution in [3.05, 3.63) is 64.7 Å². The number of aryl methyl sites for hydroxylation is 2. The lowest BCUT2D eigenvalue weighted by Crippen LogP contribution is -2.60. The molecule has 4 amide bonds. The molecule has 10 heteroatoms. The van der Waals surface area contributed by atoms with Crippen molar-refractivity contribution in [2.24, 2.45) is 5.92 Å². The van der Waals surface area contributed by atoms with E-state index in [2.05, 4.69) is 54.2 Å². The summed E-state index contributed by atoms with van der Waals surface area (Å²) in [6, 6.07) is 14.1. The highest BCUT2D eigenvalue weighted by Gasteiger charge is 2.44. The highest BCUT2D eigenvalue weighted by Crippen LogP contribution is 2.33. The number of urea groups is 1. The molecule has 2 aromatic rings. The van der Waals surface area contributed by atoms with Crippen molar-refractivity contribution >= 4 is 23.7 Å². The summed E-state index contributed by atoms with van der Waals surface area (Å²) in [5.74, 6) is -0.497. The quantitative estimate of drug-likeness (QED) is 0.423. The number of hydrogen-bond acceptors (Lipinski definition) is 5. The van der Waals surface area contributed by atoms with Crippen LogP contribution in [-0.4, -0.2) is 125 Å². The number of nitrogens with zero attached hydrogens (tertiary/aromatic N) is 5. The lowest BCUT2D eigenvalue weighted by Gasteiger charge is -2.46. The van der Waals surface area contributed by atoms with Crippen molar-refractivity contribution < 1.29 is 19.5 Å². The maximum absolute atomic E-state index is 14.7. The van der Waals surface area contributed by atoms with Gasteiger partial charge < -0.3 is 30.0 Å². The molecule has 2 unspecified atom stereocenters. The van der Waals surface area contributed by atoms with Gasteiger partial charge in [-0.2, -0.15) is 0 Å². The van der Waals surface area contributed by atoms with Gasteiger partial charge in [-0.05, 0) is 99.8 Å². The average Bonchev–Trinajstić information content (AvgIpc) is 3.28. The number of amides is 4. The zero-order valence-electron chi connectivity index (χ0n) is 29.1. The summed E-state index contributed by atoms with van der Waals surface area (Å²) in [5.41, 5.74) is 5.60. The number of carbonyl (C=O) groups is 3. The van der Waals surface area contributed by atoms with E-state index in [0.717, 1.165) is 75.1 Å². The van der Waals surface area contributed by atoms with Crippen molar-refractivity contribution in [1.82, 2.24) is 24.5 Å². The van der Waals surface area contributed by atoms with Crippen LogP contribution in [-0.2, 0) is 30.5 Å². The van der Waals surface area contributed by atoms with Crippen LogP contribution >= 0.6 is 0 Å². The van der Waals surface area contributed by atoms with Crippen molar-refractivity contribution in [3.8, 4) is 0 Å². The third-order valence-corrected chi connectivity index (χ3v) is 11.5. The minimum absolute atomic E-state index is 0.0419. The molecule has 260 valence electrons. The maximum Gasteiger partial charge on any atom is 0.407 e. The van der Waals surface area contributed by atoms with E-state index in [4.69, 9.17) is 0 Å². The van der Waals surface area contributed by atoms with Crippen LogP contribution in [0.2, 0.25) is 0 Å². The Bertz CT molecular complexity index is 1450. The largest absolute Gasteiger partial charge is 0.465 e. The lowest BCUT2D eigenvalue weighted by atomic mass is 9.82. The number of benzene rings is 2. The number of piperidine rings is 2. The van der Waals surface area contributed by atoms with Gasteiger partial charge in [0.1, 0.15) is 0 Å². The molecule has 10 nitrogen and oxygen atoms in total. The standard InChI is InChI=1S/C38H54N6O4/c1-4-28-11-10-27(24-29(28)5-2)25-33(36(45)42-22-20-41(21-23-42)31-13-16-40(3)17-14-31)35-26-32(15-19-44(35)38(47)48)43-18-12-30-8-6-7-9-34(30)39-37(43)46/h6-11,24,31-33,35H,4-5,12-23,25-26H2,1-3H3,(H,39,46)(H,47,48)/t32?,33?,35-/m1/s1. The minimum atomic E-state index is -0.994. The molecule has 0 bridgehead atoms. The summed E-state index contributed by atoms with van der Waals surface area (Å²) in [4.78, 5) is 51.4. The first-order valence-corrected chi connectivity index (χ1v) is 18.2. The van der Waals surface area contributed by atoms with Crippen LogP contribution in [0.1, 0.15) is 61.8 Å². The fraction of sp³-hybridized carbons (Fsp3) is 0.605. The smallest absolute Gasteiger partial charge is 0.407 e. The molecule has 48 heavy (non-hydrogen) atoms. The summed E-state index contributed by atoms with van der Waals surface area (Å²) < 4.78 is 0. The molecule has 4 aliphatic heterocycles. The minimum Gasteiger partial charge on any atom is -0.465 e. The number of carboxylic acid groups (broad SMARTS) is 1. The number of piperazine rings is 1. The van der Waals surface area contributed by atoms with E-state index in [-0.39, 0.29) is 18.0 Å². The number of anilines is 1. The first-order chi connectivity index (χ1) is 23.2. The molecule has 6 rings (SSSR count). The number of hydrogen-bond donors (Lipinski definition) is 2. The average molecular weight is 659 g/mol. The Kier molecular flexibility index (Phi) is 10.9. The second kappa shape index (κ2) is 15.3. The van der Waals surface area contributed by atoms with Crippen LogP contribution in [0, 0.1) is 5.92 Å². The van der Waals surface area contributed by atoms with E-state index < -0.39 is 18.1 Å². The van der Waals surface area contributed by atoms with Gasteiger partial charge in [0.05, 0.1) is 5.92 Å². The SMILES string of the molecule is CCc1ccc(CC(C(=O)N2CCN(C3CCN(C)CC3)CC2)[C@H]2CC(N3CCc4ccccc4NC3=O)CCN2C(=O)O)cc1CC. The zero-order valence-corrected chi connectivity index (χ0v) is 29.1. The predicted molar refractivity (Wildman–Crippen MR) is 188 cm³/mol. The fourth-order valence-corrected chi connectivity index (χ4v) is 8.64. The lowest BCUT2D eigenvalue weighted by molar-refractivity contribution is -0.140. The molecule has 0 spiro atoms. The maximum atomic E-state index is 14.7. The highest BCUT2D eigenvalue weighted by molar-refractivity contribution is 5.91. The van der Waals surface area contributed by atoms with Crippen LogP contribution in [0.4, 0.5) is 15.3 Å². The van der Waals surface area contributed by atoms with Gasteiger partial charge in [0.2, 0.25) is 5.91 Å². The summed E-state index contributed by atoms with van der Waals surface area (Å²) in [6.07, 6.45) is 5.38. The molecular weight excluding hydrogens is 604 g/mol. The van der Waals surface area contributed by atoms with Gasteiger partial charge in [-0.25, -0.2) is 9.59 Å². The van der Waals surface area contributed by atoms with Gasteiger partial charge >= 0.3 is 12.1 Å². The Hall–Kier alpha value is -3.63. The van der Waals surface area contributed by atoms with Gasteiger partial charge in [-0.3, -0.25) is 9.69 Å². The van der Waals surface area contributed by atoms with Gasteiger partial charge in [0.15, 0.2) is 0 Å². The Morgan fingerprint density at radius 2 is 1.58 bits per heavy atom. The van der Waals surface area contributed by atoms with E-state index in [0.29, 0.717) is 51.5 Å². The summed E-state index contributed by atoms with van der Waals surface area (Å²) in [5, 5.41) is 13.6. The van der Waals surface area contributed by atoms with Gasteiger partial charge in [-0.1, -0.05) is 50.2 Å². The van der Waals surface area contributed by atoms with Crippen molar-refractivity contribution in [1.29, 1.82) is 0 Å². The molecule has 2 N–H and O–H groups in total. The molecule has 3 atom stereocenters. The molecule has 0 saturated carbocycles. The van der Waals surface area contributed by atoms with Crippen LogP contribution < -0.4 is 5.32 Å². The molecule has 3 fully saturated rings. The van der Waals surface area contributed by atoms with Crippen LogP contribution in [0.3, 0.4) is 0 Å². The van der Waals surface area contributed by atoms with Crippen molar-refractivity contribution in [2.45, 2.75) is 83.3 Å². The van der Waals surface area contributed by atoms with Gasteiger partial charge in [0.25, 0.3) is 0 Å². The third-order valence-electron chi connectivity index (χ3n) is 11.5. The van der Waals surface area contributed by atoms with Gasteiger partial charge in [-0.15, -0.1) is 0 Å². The van der Waals surface area contributed by atoms with E-state index in [1.54, 1.807) is 0 Å². The number of fused-ring (bicyclic) bond motifs is 1. The van der Waals surface area contributed by atoms with E-state index in [1.807, 2.05) is 34.1 Å². The molecule has 0 aliphatic carbocycles. The summed E-state index contributed by atoms with van der Waals surface area (Å²) >= 11 is 0. The molecule has 4 heterocycles. The molecule has 0 aromatic heterocycles. The number of rotatable bonds is 8. The second-order valence-electron chi connectivity index (χ2n) is 14.3. The van der Waals surface area contributed by atoms with E-state index in [9.17, 15) is 19.5 Å². The summed E-state index contributed by atoms with van der Waals surface area (Å²) in [6.45, 7) is 10.4. The Morgan fingerprint density at radius 3 is 2.29 bits per heavy atom. The topological polar surface area (TPSA) is 99.7 Å². The molecule has 0 radical (unpaired) electrons. The third kappa shape index (κ3) is 7.49. The highest BCUT2D eigenvalue weighted by atomic mass is 16.4. The normalized spacial score (nSPS) is 23.7. The van der Waals surface area contributed by atoms with Crippen LogP contribution in [0.5, 0.6) is 0 Å². The monoisotopic (exact) mass is 658 g/mol. The van der Waals surface area contributed by atoms with Crippen LogP contribution in [0.25, 0.3) is 0 Å². The van der Waals surface area contributed by atoms with E-state index in [1.165, 1.54) is 16.0 Å². The first kappa shape index (κ1) is 34.2. The fourth-order valence-electron chi connectivity index (χ4n) is 8.64. The number of nitrogens with one attached hydrogen (secondary N) is 1. The molecule has 3 saturated heterocycles. The zero-order chi connectivity index (χ0) is 33.8. The Labute approximate surface area is 286 Å². The Morgan fingerprint density at radius 1 is 0.875 bits per heavy atom. The number of carbonyl (C=O) groups excluding carboxylic acids is 2. The number of likely N-dealkylation sites (tertiary alicyclic amines) is 2. The molecule has 2 aromatic carbocycles. The summed E-state index contributed by atoms with van der Waals surface area (Å²) in [7, 11) is 2.18. The van der Waals surface area contributed by atoms with Gasteiger partial charge in [0, 0.05) is 63.1 Å². The van der Waals surface area contributed by atoms with Crippen molar-refractivity contribution in [2.75, 3.05) is 64.7 Å². The predicted octanol–water partition coefficient (Wildman–Crippen LogP) is 4.81. The second-order valence-corrected chi connectivity index (χ2v) is 14.3. The number of para-hydroxylation sites is 1. The molecular formula is C38H54N6O4. The Balaban J connectivity index is 1.25. The first-order valence-electron chi connectivity index (χ1n) is 18.2.